The number of rotatable bonds is 5. The van der Waals surface area contributed by atoms with Crippen LogP contribution in [0.1, 0.15) is 45.6 Å². The maximum absolute atomic E-state index is 12.2. The van der Waals surface area contributed by atoms with Crippen molar-refractivity contribution in [2.45, 2.75) is 58.2 Å². The van der Waals surface area contributed by atoms with Gasteiger partial charge in [0.05, 0.1) is 0 Å². The Morgan fingerprint density at radius 1 is 1.50 bits per heavy atom. The summed E-state index contributed by atoms with van der Waals surface area (Å²) in [7, 11) is 0. The van der Waals surface area contributed by atoms with Gasteiger partial charge in [0.25, 0.3) is 0 Å². The van der Waals surface area contributed by atoms with Crippen LogP contribution in [0.3, 0.4) is 0 Å². The van der Waals surface area contributed by atoms with E-state index in [9.17, 15) is 4.79 Å². The van der Waals surface area contributed by atoms with E-state index in [1.165, 1.54) is 5.56 Å². The van der Waals surface area contributed by atoms with E-state index in [-0.39, 0.29) is 12.1 Å². The van der Waals surface area contributed by atoms with E-state index in [4.69, 9.17) is 4.74 Å². The first-order valence-corrected chi connectivity index (χ1v) is 8.05. The smallest absolute Gasteiger partial charge is 0.410 e. The minimum atomic E-state index is -0.428. The Morgan fingerprint density at radius 3 is 3.00 bits per heavy atom. The first-order chi connectivity index (χ1) is 10.5. The van der Waals surface area contributed by atoms with E-state index in [0.29, 0.717) is 0 Å². The Morgan fingerprint density at radius 2 is 2.32 bits per heavy atom. The van der Waals surface area contributed by atoms with Crippen LogP contribution in [0.2, 0.25) is 0 Å². The fraction of sp³-hybridized carbons (Fsp3) is 0.647. The molecule has 1 aromatic heterocycles. The van der Waals surface area contributed by atoms with E-state index < -0.39 is 5.60 Å². The number of aromatic nitrogens is 1. The largest absolute Gasteiger partial charge is 0.444 e. The second-order valence-electron chi connectivity index (χ2n) is 6.80. The van der Waals surface area contributed by atoms with Gasteiger partial charge in [-0.1, -0.05) is 6.07 Å². The van der Waals surface area contributed by atoms with Crippen LogP contribution in [-0.2, 0) is 11.3 Å². The lowest BCUT2D eigenvalue weighted by molar-refractivity contribution is 0.0220. The van der Waals surface area contributed by atoms with Gasteiger partial charge in [0.2, 0.25) is 0 Å². The molecular formula is C17H27N3O2. The van der Waals surface area contributed by atoms with Gasteiger partial charge in [0.15, 0.2) is 0 Å². The molecule has 22 heavy (non-hydrogen) atoms. The number of hydrogen-bond acceptors (Lipinski definition) is 4. The Hall–Kier alpha value is -1.62. The van der Waals surface area contributed by atoms with Crippen LogP contribution in [0.4, 0.5) is 4.79 Å². The minimum Gasteiger partial charge on any atom is -0.444 e. The molecule has 0 radical (unpaired) electrons. The van der Waals surface area contributed by atoms with E-state index in [2.05, 4.69) is 16.4 Å². The van der Waals surface area contributed by atoms with Gasteiger partial charge < -0.3 is 15.0 Å². The maximum atomic E-state index is 12.2. The Labute approximate surface area is 133 Å². The van der Waals surface area contributed by atoms with Gasteiger partial charge in [-0.2, -0.15) is 0 Å². The summed E-state index contributed by atoms with van der Waals surface area (Å²) in [6.45, 7) is 8.23. The monoisotopic (exact) mass is 305 g/mol. The van der Waals surface area contributed by atoms with E-state index in [0.717, 1.165) is 38.9 Å². The van der Waals surface area contributed by atoms with Crippen LogP contribution in [0.5, 0.6) is 0 Å². The quantitative estimate of drug-likeness (QED) is 0.850. The molecule has 5 heteroatoms. The number of hydrogen-bond donors (Lipinski definition) is 1. The zero-order valence-electron chi connectivity index (χ0n) is 13.8. The van der Waals surface area contributed by atoms with Gasteiger partial charge in [-0.25, -0.2) is 4.79 Å². The summed E-state index contributed by atoms with van der Waals surface area (Å²) in [5.74, 6) is 0. The molecule has 2 heterocycles. The standard InChI is InChI=1S/C17H27N3O2/c1-17(2,3)22-16(21)20-11-5-7-15(20)8-10-19-13-14-6-4-9-18-12-14/h4,6,9,12,15,19H,5,7-8,10-11,13H2,1-3H3. The first-order valence-electron chi connectivity index (χ1n) is 8.05. The zero-order valence-corrected chi connectivity index (χ0v) is 13.8. The lowest BCUT2D eigenvalue weighted by Gasteiger charge is -2.28. The molecule has 0 bridgehead atoms. The molecule has 0 aromatic carbocycles. The molecule has 1 amide bonds. The summed E-state index contributed by atoms with van der Waals surface area (Å²) in [5.41, 5.74) is 0.751. The maximum Gasteiger partial charge on any atom is 0.410 e. The Balaban J connectivity index is 1.73. The highest BCUT2D eigenvalue weighted by atomic mass is 16.6. The third-order valence-electron chi connectivity index (χ3n) is 3.71. The fourth-order valence-electron chi connectivity index (χ4n) is 2.70. The van der Waals surface area contributed by atoms with Crippen molar-refractivity contribution in [2.24, 2.45) is 0 Å². The number of ether oxygens (including phenoxy) is 1. The van der Waals surface area contributed by atoms with Gasteiger partial charge in [0, 0.05) is 31.5 Å². The summed E-state index contributed by atoms with van der Waals surface area (Å²) in [6, 6.07) is 4.29. The molecule has 1 atom stereocenters. The number of likely N-dealkylation sites (tertiary alicyclic amines) is 1. The van der Waals surface area contributed by atoms with Crippen LogP contribution in [0.15, 0.2) is 24.5 Å². The highest BCUT2D eigenvalue weighted by Crippen LogP contribution is 2.22. The molecule has 2 rings (SSSR count). The van der Waals surface area contributed by atoms with E-state index >= 15 is 0 Å². The summed E-state index contributed by atoms with van der Waals surface area (Å²) in [4.78, 5) is 18.2. The number of nitrogens with one attached hydrogen (secondary N) is 1. The third kappa shape index (κ3) is 5.30. The number of nitrogens with zero attached hydrogens (tertiary/aromatic N) is 2. The molecular weight excluding hydrogens is 278 g/mol. The Kier molecular flexibility index (Phi) is 5.77. The molecule has 0 aliphatic carbocycles. The van der Waals surface area contributed by atoms with Crippen molar-refractivity contribution in [3.63, 3.8) is 0 Å². The molecule has 1 aliphatic heterocycles. The van der Waals surface area contributed by atoms with Crippen molar-refractivity contribution in [3.8, 4) is 0 Å². The van der Waals surface area contributed by atoms with Crippen molar-refractivity contribution in [3.05, 3.63) is 30.1 Å². The van der Waals surface area contributed by atoms with Gasteiger partial charge in [0.1, 0.15) is 5.60 Å². The predicted octanol–water partition coefficient (Wildman–Crippen LogP) is 2.96. The van der Waals surface area contributed by atoms with Crippen molar-refractivity contribution >= 4 is 6.09 Å². The zero-order chi connectivity index (χ0) is 16.0. The second-order valence-corrected chi connectivity index (χ2v) is 6.80. The van der Waals surface area contributed by atoms with Crippen LogP contribution in [-0.4, -0.2) is 40.7 Å². The van der Waals surface area contributed by atoms with Crippen molar-refractivity contribution in [1.82, 2.24) is 15.2 Å². The minimum absolute atomic E-state index is 0.178. The number of carbonyl (C=O) groups excluding carboxylic acids is 1. The summed E-state index contributed by atoms with van der Waals surface area (Å²) >= 11 is 0. The molecule has 122 valence electrons. The second kappa shape index (κ2) is 7.58. The Bertz CT molecular complexity index is 471. The van der Waals surface area contributed by atoms with E-state index in [1.54, 1.807) is 6.20 Å². The molecule has 0 spiro atoms. The van der Waals surface area contributed by atoms with Crippen molar-refractivity contribution in [1.29, 1.82) is 0 Å². The van der Waals surface area contributed by atoms with Crippen LogP contribution < -0.4 is 5.32 Å². The van der Waals surface area contributed by atoms with Crippen molar-refractivity contribution in [2.75, 3.05) is 13.1 Å². The summed E-state index contributed by atoms with van der Waals surface area (Å²) in [6.07, 6.45) is 6.55. The number of carbonyl (C=O) groups is 1. The average molecular weight is 305 g/mol. The first kappa shape index (κ1) is 16.7. The van der Waals surface area contributed by atoms with E-state index in [1.807, 2.05) is 37.9 Å². The molecule has 1 saturated heterocycles. The topological polar surface area (TPSA) is 54.5 Å². The average Bonchev–Trinajstić information content (AvgIpc) is 2.91. The van der Waals surface area contributed by atoms with Gasteiger partial charge in [-0.05, 0) is 58.2 Å². The van der Waals surface area contributed by atoms with Gasteiger partial charge in [-0.3, -0.25) is 4.98 Å². The number of pyridine rings is 1. The van der Waals surface area contributed by atoms with Crippen LogP contribution in [0, 0.1) is 0 Å². The molecule has 1 aliphatic rings. The highest BCUT2D eigenvalue weighted by molar-refractivity contribution is 5.68. The van der Waals surface area contributed by atoms with Gasteiger partial charge in [-0.15, -0.1) is 0 Å². The molecule has 1 N–H and O–H groups in total. The van der Waals surface area contributed by atoms with Crippen molar-refractivity contribution < 1.29 is 9.53 Å². The lowest BCUT2D eigenvalue weighted by Crippen LogP contribution is -2.40. The summed E-state index contributed by atoms with van der Waals surface area (Å²) in [5, 5.41) is 3.42. The normalized spacial score (nSPS) is 18.5. The molecule has 1 fully saturated rings. The third-order valence-corrected chi connectivity index (χ3v) is 3.71. The predicted molar refractivity (Wildman–Crippen MR) is 86.5 cm³/mol. The molecule has 1 aromatic rings. The van der Waals surface area contributed by atoms with Crippen LogP contribution >= 0.6 is 0 Å². The lowest BCUT2D eigenvalue weighted by atomic mass is 10.1. The SMILES string of the molecule is CC(C)(C)OC(=O)N1CCCC1CCNCc1cccnc1. The molecule has 0 saturated carbocycles. The number of amides is 1. The molecule has 1 unspecified atom stereocenters. The van der Waals surface area contributed by atoms with Gasteiger partial charge >= 0.3 is 6.09 Å². The molecule has 5 nitrogen and oxygen atoms in total. The summed E-state index contributed by atoms with van der Waals surface area (Å²) < 4.78 is 5.49. The highest BCUT2D eigenvalue weighted by Gasteiger charge is 2.31. The van der Waals surface area contributed by atoms with Crippen LogP contribution in [0.25, 0.3) is 0 Å². The fourth-order valence-corrected chi connectivity index (χ4v) is 2.70.